The minimum absolute atomic E-state index is 0.0403. The molecule has 224 valence electrons. The van der Waals surface area contributed by atoms with Crippen LogP contribution in [0, 0.1) is 5.41 Å². The van der Waals surface area contributed by atoms with Gasteiger partial charge in [0.2, 0.25) is 5.91 Å². The molecule has 0 aromatic rings. The van der Waals surface area contributed by atoms with Crippen LogP contribution in [0.3, 0.4) is 0 Å². The highest BCUT2D eigenvalue weighted by atomic mass is 16.7. The first kappa shape index (κ1) is 33.5. The largest absolute Gasteiger partial charge is 0.387 e. The van der Waals surface area contributed by atoms with Crippen LogP contribution in [0.1, 0.15) is 98.8 Å². The van der Waals surface area contributed by atoms with E-state index < -0.39 is 42.2 Å². The number of carbonyl (C=O) groups is 2. The van der Waals surface area contributed by atoms with Crippen molar-refractivity contribution in [3.05, 3.63) is 24.8 Å². The second-order valence-corrected chi connectivity index (χ2v) is 12.5. The molecule has 0 aromatic carbocycles. The zero-order chi connectivity index (χ0) is 29.1. The zero-order valence-corrected chi connectivity index (χ0v) is 25.2. The topological polar surface area (TPSA) is 97.3 Å². The highest BCUT2D eigenvalue weighted by Crippen LogP contribution is 2.31. The van der Waals surface area contributed by atoms with Gasteiger partial charge in [-0.25, -0.2) is 0 Å². The van der Waals surface area contributed by atoms with Gasteiger partial charge >= 0.3 is 0 Å². The van der Waals surface area contributed by atoms with Crippen LogP contribution in [0.25, 0.3) is 0 Å². The van der Waals surface area contributed by atoms with Gasteiger partial charge in [0.25, 0.3) is 5.91 Å². The molecule has 8 nitrogen and oxygen atoms in total. The quantitative estimate of drug-likeness (QED) is 0.236. The van der Waals surface area contributed by atoms with Crippen LogP contribution in [0.5, 0.6) is 0 Å². The first-order valence-electron chi connectivity index (χ1n) is 14.8. The number of aliphatic hydroxyl groups excluding tert-OH is 1. The molecule has 0 radical (unpaired) electrons. The smallest absolute Gasteiger partial charge is 0.252 e. The van der Waals surface area contributed by atoms with Gasteiger partial charge in [0.15, 0.2) is 11.9 Å². The molecule has 0 aliphatic carbocycles. The molecule has 2 fully saturated rings. The van der Waals surface area contributed by atoms with Crippen molar-refractivity contribution in [3.8, 4) is 0 Å². The van der Waals surface area contributed by atoms with Crippen LogP contribution in [0.4, 0.5) is 0 Å². The molecule has 0 spiro atoms. The highest BCUT2D eigenvalue weighted by Gasteiger charge is 2.48. The summed E-state index contributed by atoms with van der Waals surface area (Å²) in [6.07, 6.45) is 12.2. The van der Waals surface area contributed by atoms with Gasteiger partial charge in [0.05, 0.1) is 0 Å². The van der Waals surface area contributed by atoms with Crippen LogP contribution in [0.15, 0.2) is 24.8 Å². The lowest BCUT2D eigenvalue weighted by molar-refractivity contribution is -0.334. The summed E-state index contributed by atoms with van der Waals surface area (Å²) in [7, 11) is 1.42. The van der Waals surface area contributed by atoms with Crippen molar-refractivity contribution < 1.29 is 28.9 Å². The fourth-order valence-electron chi connectivity index (χ4n) is 5.19. The monoisotopic (exact) mass is 550 g/mol. The lowest BCUT2D eigenvalue weighted by Crippen LogP contribution is -2.62. The van der Waals surface area contributed by atoms with Crippen molar-refractivity contribution >= 4 is 11.8 Å². The minimum atomic E-state index is -1.12. The maximum atomic E-state index is 13.4. The van der Waals surface area contributed by atoms with Gasteiger partial charge in [0.1, 0.15) is 24.4 Å². The molecule has 2 N–H and O–H groups in total. The Balaban J connectivity index is 1.99. The summed E-state index contributed by atoms with van der Waals surface area (Å²) in [6, 6.07) is -0.613. The van der Waals surface area contributed by atoms with E-state index >= 15 is 0 Å². The fraction of sp³-hybridized carbons (Fsp3) is 0.806. The van der Waals surface area contributed by atoms with Gasteiger partial charge in [-0.3, -0.25) is 9.59 Å². The molecule has 8 heteroatoms. The van der Waals surface area contributed by atoms with Gasteiger partial charge in [-0.2, -0.15) is 0 Å². The van der Waals surface area contributed by atoms with E-state index in [2.05, 4.69) is 32.7 Å². The van der Waals surface area contributed by atoms with E-state index in [1.807, 2.05) is 23.1 Å². The summed E-state index contributed by atoms with van der Waals surface area (Å²) < 4.78 is 17.5. The Kier molecular flexibility index (Phi) is 13.6. The maximum absolute atomic E-state index is 13.4. The molecule has 2 heterocycles. The standard InChI is InChI=1S/C31H54N2O6/c1-8-9-10-11-12-13-14-16-21-33-22-17-15-18-23(29(33)36)32-28(35)27(37-7)26-25(34)24(19-20-30(2,3)4)38-31(5,6)39-26/h8,19-20,23-27,34H,1,9-18,21-22H2,2-7H3,(H,32,35)/b20-19+/t23?,24-,25+,26-,27-/m1/s1. The number of nitrogens with one attached hydrogen (secondary N) is 1. The summed E-state index contributed by atoms with van der Waals surface area (Å²) in [5.41, 5.74) is -0.101. The van der Waals surface area contributed by atoms with E-state index in [1.54, 1.807) is 13.8 Å². The van der Waals surface area contributed by atoms with Gasteiger partial charge < -0.3 is 29.5 Å². The number of aliphatic hydroxyl groups is 1. The summed E-state index contributed by atoms with van der Waals surface area (Å²) >= 11 is 0. The number of hydrogen-bond acceptors (Lipinski definition) is 6. The Morgan fingerprint density at radius 1 is 1.18 bits per heavy atom. The van der Waals surface area contributed by atoms with E-state index in [4.69, 9.17) is 14.2 Å². The molecule has 0 aromatic heterocycles. The normalized spacial score (nSPS) is 26.8. The van der Waals surface area contributed by atoms with E-state index in [1.165, 1.54) is 32.8 Å². The number of rotatable bonds is 14. The summed E-state index contributed by atoms with van der Waals surface area (Å²) in [5, 5.41) is 14.0. The van der Waals surface area contributed by atoms with Gasteiger partial charge in [-0.1, -0.05) is 64.7 Å². The number of ether oxygens (including phenoxy) is 3. The molecule has 1 unspecified atom stereocenters. The van der Waals surface area contributed by atoms with Crippen molar-refractivity contribution in [1.29, 1.82) is 0 Å². The lowest BCUT2D eigenvalue weighted by atomic mass is 9.93. The number of nitrogens with zero attached hydrogens (tertiary/aromatic N) is 1. The number of unbranched alkanes of at least 4 members (excludes halogenated alkanes) is 6. The van der Waals surface area contributed by atoms with E-state index in [0.717, 1.165) is 38.6 Å². The number of carbonyl (C=O) groups excluding carboxylic acids is 2. The lowest BCUT2D eigenvalue weighted by Gasteiger charge is -2.45. The van der Waals surface area contributed by atoms with Gasteiger partial charge in [-0.15, -0.1) is 6.58 Å². The molecule has 39 heavy (non-hydrogen) atoms. The van der Waals surface area contributed by atoms with Crippen LogP contribution < -0.4 is 5.32 Å². The Morgan fingerprint density at radius 3 is 2.49 bits per heavy atom. The zero-order valence-electron chi connectivity index (χ0n) is 25.2. The summed E-state index contributed by atoms with van der Waals surface area (Å²) in [6.45, 7) is 14.9. The first-order valence-corrected chi connectivity index (χ1v) is 14.8. The molecule has 2 aliphatic heterocycles. The number of likely N-dealkylation sites (tertiary alicyclic amines) is 1. The van der Waals surface area contributed by atoms with Crippen LogP contribution >= 0.6 is 0 Å². The number of hydrogen-bond donors (Lipinski definition) is 2. The predicted molar refractivity (Wildman–Crippen MR) is 154 cm³/mol. The van der Waals surface area contributed by atoms with E-state index in [9.17, 15) is 14.7 Å². The Morgan fingerprint density at radius 2 is 1.85 bits per heavy atom. The Hall–Kier alpha value is -1.74. The van der Waals surface area contributed by atoms with Crippen LogP contribution in [0.2, 0.25) is 0 Å². The average molecular weight is 551 g/mol. The third-order valence-corrected chi connectivity index (χ3v) is 7.29. The second-order valence-electron chi connectivity index (χ2n) is 12.5. The van der Waals surface area contributed by atoms with Crippen molar-refractivity contribution in [2.45, 2.75) is 135 Å². The van der Waals surface area contributed by atoms with Crippen molar-refractivity contribution in [1.82, 2.24) is 10.2 Å². The van der Waals surface area contributed by atoms with E-state index in [-0.39, 0.29) is 11.3 Å². The minimum Gasteiger partial charge on any atom is -0.387 e. The Labute approximate surface area is 236 Å². The van der Waals surface area contributed by atoms with Crippen LogP contribution in [-0.4, -0.2) is 78.3 Å². The molecule has 2 saturated heterocycles. The number of allylic oxidation sites excluding steroid dienone is 2. The van der Waals surface area contributed by atoms with E-state index in [0.29, 0.717) is 13.0 Å². The molecule has 0 bridgehead atoms. The summed E-state index contributed by atoms with van der Waals surface area (Å²) in [5.74, 6) is -1.53. The maximum Gasteiger partial charge on any atom is 0.252 e. The SMILES string of the molecule is C=CCCCCCCCCN1CCCCC(NC(=O)[C@H](OC)[C@@H]2OC(C)(C)O[C@H](/C=C/C(C)(C)C)[C@@H]2O)C1=O. The average Bonchev–Trinajstić information content (AvgIpc) is 3.02. The molecule has 2 rings (SSSR count). The first-order chi connectivity index (χ1) is 18.4. The van der Waals surface area contributed by atoms with Gasteiger partial charge in [-0.05, 0) is 57.8 Å². The highest BCUT2D eigenvalue weighted by molar-refractivity contribution is 5.90. The van der Waals surface area contributed by atoms with Crippen molar-refractivity contribution in [2.75, 3.05) is 20.2 Å². The summed E-state index contributed by atoms with van der Waals surface area (Å²) in [4.78, 5) is 28.7. The molecular weight excluding hydrogens is 496 g/mol. The number of methoxy groups -OCH3 is 1. The second kappa shape index (κ2) is 15.9. The molecule has 2 aliphatic rings. The molecule has 0 saturated carbocycles. The van der Waals surface area contributed by atoms with Crippen LogP contribution in [-0.2, 0) is 23.8 Å². The van der Waals surface area contributed by atoms with Gasteiger partial charge in [0, 0.05) is 20.2 Å². The Bertz CT molecular complexity index is 805. The molecule has 5 atom stereocenters. The molecule has 2 amide bonds. The molecular formula is C31H54N2O6. The number of amides is 2. The van der Waals surface area contributed by atoms with Crippen molar-refractivity contribution in [3.63, 3.8) is 0 Å². The van der Waals surface area contributed by atoms with Crippen molar-refractivity contribution in [2.24, 2.45) is 5.41 Å². The fourth-order valence-corrected chi connectivity index (χ4v) is 5.19. The third-order valence-electron chi connectivity index (χ3n) is 7.29. The third kappa shape index (κ3) is 11.3. The predicted octanol–water partition coefficient (Wildman–Crippen LogP) is 4.90.